The van der Waals surface area contributed by atoms with Crippen LogP contribution in [0.25, 0.3) is 0 Å². The van der Waals surface area contributed by atoms with Crippen molar-refractivity contribution in [3.8, 4) is 5.75 Å². The average molecular weight is 405 g/mol. The summed E-state index contributed by atoms with van der Waals surface area (Å²) in [6.07, 6.45) is 1.62. The number of rotatable bonds is 2. The van der Waals surface area contributed by atoms with E-state index in [2.05, 4.69) is 15.9 Å². The molecule has 0 bridgehead atoms. The minimum atomic E-state index is -0.197. The molecule has 23 heavy (non-hydrogen) atoms. The summed E-state index contributed by atoms with van der Waals surface area (Å²) in [6.45, 7) is 1.32. The summed E-state index contributed by atoms with van der Waals surface area (Å²) in [4.78, 5) is 27.8. The molecular formula is C15H19BrClN3O3. The molecule has 2 aliphatic heterocycles. The molecule has 0 spiro atoms. The van der Waals surface area contributed by atoms with Gasteiger partial charge < -0.3 is 15.4 Å². The first-order valence-corrected chi connectivity index (χ1v) is 8.10. The van der Waals surface area contributed by atoms with E-state index < -0.39 is 0 Å². The monoisotopic (exact) mass is 403 g/mol. The smallest absolute Gasteiger partial charge is 0.265 e. The van der Waals surface area contributed by atoms with Gasteiger partial charge in [0.05, 0.1) is 5.69 Å². The van der Waals surface area contributed by atoms with Crippen molar-refractivity contribution in [1.29, 1.82) is 0 Å². The maximum absolute atomic E-state index is 12.4. The number of hydrogen-bond acceptors (Lipinski definition) is 4. The lowest BCUT2D eigenvalue weighted by Crippen LogP contribution is -2.49. The normalized spacial score (nSPS) is 18.1. The Kier molecular flexibility index (Phi) is 5.89. The SMILES string of the molecule is Cl.NC1CCN(C(=O)CN2C(=O)COc3cc(Br)ccc32)CC1. The first-order chi connectivity index (χ1) is 10.5. The number of fused-ring (bicyclic) bond motifs is 1. The van der Waals surface area contributed by atoms with Gasteiger partial charge >= 0.3 is 0 Å². The van der Waals surface area contributed by atoms with Crippen molar-refractivity contribution in [2.75, 3.05) is 31.1 Å². The molecule has 0 saturated carbocycles. The van der Waals surface area contributed by atoms with Gasteiger partial charge in [-0.3, -0.25) is 14.5 Å². The number of nitrogens with zero attached hydrogens (tertiary/aromatic N) is 2. The fraction of sp³-hybridized carbons (Fsp3) is 0.467. The lowest BCUT2D eigenvalue weighted by atomic mass is 10.1. The lowest BCUT2D eigenvalue weighted by Gasteiger charge is -2.34. The Labute approximate surface area is 149 Å². The Morgan fingerprint density at radius 3 is 2.74 bits per heavy atom. The van der Waals surface area contributed by atoms with E-state index in [1.54, 1.807) is 17.0 Å². The van der Waals surface area contributed by atoms with Crippen LogP contribution in [0.2, 0.25) is 0 Å². The van der Waals surface area contributed by atoms with Crippen LogP contribution < -0.4 is 15.4 Å². The minimum Gasteiger partial charge on any atom is -0.482 e. The van der Waals surface area contributed by atoms with Crippen LogP contribution in [0.5, 0.6) is 5.75 Å². The molecule has 3 rings (SSSR count). The average Bonchev–Trinajstić information content (AvgIpc) is 2.50. The molecule has 2 amide bonds. The van der Waals surface area contributed by atoms with Gasteiger partial charge in [-0.15, -0.1) is 12.4 Å². The van der Waals surface area contributed by atoms with Crippen LogP contribution >= 0.6 is 28.3 Å². The van der Waals surface area contributed by atoms with Crippen LogP contribution in [0.15, 0.2) is 22.7 Å². The first-order valence-electron chi connectivity index (χ1n) is 7.30. The van der Waals surface area contributed by atoms with Gasteiger partial charge in [0.1, 0.15) is 12.3 Å². The van der Waals surface area contributed by atoms with Crippen LogP contribution in [0.3, 0.4) is 0 Å². The van der Waals surface area contributed by atoms with Gasteiger partial charge in [0, 0.05) is 23.6 Å². The highest BCUT2D eigenvalue weighted by Crippen LogP contribution is 2.34. The van der Waals surface area contributed by atoms with Gasteiger partial charge in [0.25, 0.3) is 5.91 Å². The summed E-state index contributed by atoms with van der Waals surface area (Å²) in [5.74, 6) is 0.371. The molecule has 0 radical (unpaired) electrons. The molecule has 0 aromatic heterocycles. The van der Waals surface area contributed by atoms with Crippen molar-refractivity contribution >= 4 is 45.8 Å². The molecule has 0 atom stereocenters. The number of carbonyl (C=O) groups excluding carboxylic acids is 2. The van der Waals surface area contributed by atoms with Gasteiger partial charge in [-0.1, -0.05) is 15.9 Å². The highest BCUT2D eigenvalue weighted by Gasteiger charge is 2.30. The van der Waals surface area contributed by atoms with E-state index in [4.69, 9.17) is 10.5 Å². The maximum Gasteiger partial charge on any atom is 0.265 e. The van der Waals surface area contributed by atoms with Crippen molar-refractivity contribution in [1.82, 2.24) is 4.90 Å². The van der Waals surface area contributed by atoms with E-state index >= 15 is 0 Å². The third kappa shape index (κ3) is 3.97. The lowest BCUT2D eigenvalue weighted by molar-refractivity contribution is -0.132. The predicted molar refractivity (Wildman–Crippen MR) is 93.0 cm³/mol. The Morgan fingerprint density at radius 2 is 2.04 bits per heavy atom. The summed E-state index contributed by atoms with van der Waals surface area (Å²) in [5, 5.41) is 0. The summed E-state index contributed by atoms with van der Waals surface area (Å²) in [6, 6.07) is 5.60. The molecule has 1 fully saturated rings. The Hall–Kier alpha value is -1.31. The number of piperidine rings is 1. The predicted octanol–water partition coefficient (Wildman–Crippen LogP) is 1.55. The molecule has 6 nitrogen and oxygen atoms in total. The second-order valence-corrected chi connectivity index (χ2v) is 6.51. The van der Waals surface area contributed by atoms with Gasteiger partial charge in [-0.25, -0.2) is 0 Å². The number of carbonyl (C=O) groups is 2. The van der Waals surface area contributed by atoms with Crippen molar-refractivity contribution in [2.45, 2.75) is 18.9 Å². The standard InChI is InChI=1S/C15H18BrN3O3.ClH/c16-10-1-2-12-13(7-10)22-9-15(21)19(12)8-14(20)18-5-3-11(17)4-6-18;/h1-2,7,11H,3-6,8-9,17H2;1H. The number of benzene rings is 1. The molecule has 8 heteroatoms. The third-order valence-electron chi connectivity index (χ3n) is 4.05. The molecule has 0 aliphatic carbocycles. The second kappa shape index (κ2) is 7.51. The van der Waals surface area contributed by atoms with Crippen LogP contribution in [0.4, 0.5) is 5.69 Å². The maximum atomic E-state index is 12.4. The van der Waals surface area contributed by atoms with E-state index in [0.717, 1.165) is 17.3 Å². The second-order valence-electron chi connectivity index (χ2n) is 5.60. The number of nitrogens with two attached hydrogens (primary N) is 1. The highest BCUT2D eigenvalue weighted by molar-refractivity contribution is 9.10. The van der Waals surface area contributed by atoms with Crippen molar-refractivity contribution in [3.05, 3.63) is 22.7 Å². The summed E-state index contributed by atoms with van der Waals surface area (Å²) in [5.41, 5.74) is 6.50. The quantitative estimate of drug-likeness (QED) is 0.811. The molecule has 2 N–H and O–H groups in total. The number of ether oxygens (including phenoxy) is 1. The number of anilines is 1. The summed E-state index contributed by atoms with van der Waals surface area (Å²) < 4.78 is 6.30. The van der Waals surface area contributed by atoms with Crippen molar-refractivity contribution in [3.63, 3.8) is 0 Å². The largest absolute Gasteiger partial charge is 0.482 e. The number of likely N-dealkylation sites (tertiary alicyclic amines) is 1. The number of hydrogen-bond donors (Lipinski definition) is 1. The molecule has 2 aliphatic rings. The Morgan fingerprint density at radius 1 is 1.35 bits per heavy atom. The van der Waals surface area contributed by atoms with Crippen LogP contribution in [0.1, 0.15) is 12.8 Å². The Bertz CT molecular complexity index is 606. The molecule has 126 valence electrons. The van der Waals surface area contributed by atoms with Crippen LogP contribution in [-0.2, 0) is 9.59 Å². The molecule has 1 aromatic rings. The van der Waals surface area contributed by atoms with Crippen LogP contribution in [0, 0.1) is 0 Å². The van der Waals surface area contributed by atoms with Gasteiger partial charge in [0.2, 0.25) is 5.91 Å². The minimum absolute atomic E-state index is 0. The first kappa shape index (κ1) is 18.0. The van der Waals surface area contributed by atoms with Gasteiger partial charge in [0.15, 0.2) is 6.61 Å². The zero-order valence-corrected chi connectivity index (χ0v) is 14.9. The molecule has 0 unspecified atom stereocenters. The molecule has 2 heterocycles. The molecule has 1 aromatic carbocycles. The third-order valence-corrected chi connectivity index (χ3v) is 4.54. The van der Waals surface area contributed by atoms with E-state index in [0.29, 0.717) is 24.5 Å². The van der Waals surface area contributed by atoms with E-state index in [-0.39, 0.29) is 43.4 Å². The summed E-state index contributed by atoms with van der Waals surface area (Å²) >= 11 is 3.37. The zero-order valence-electron chi connectivity index (χ0n) is 12.5. The number of halogens is 2. The fourth-order valence-electron chi connectivity index (χ4n) is 2.74. The van der Waals surface area contributed by atoms with E-state index in [9.17, 15) is 9.59 Å². The van der Waals surface area contributed by atoms with Crippen LogP contribution in [-0.4, -0.2) is 49.0 Å². The topological polar surface area (TPSA) is 75.9 Å². The zero-order chi connectivity index (χ0) is 15.7. The van der Waals surface area contributed by atoms with Gasteiger partial charge in [-0.2, -0.15) is 0 Å². The summed E-state index contributed by atoms with van der Waals surface area (Å²) in [7, 11) is 0. The highest BCUT2D eigenvalue weighted by atomic mass is 79.9. The number of amides is 2. The molecular weight excluding hydrogens is 386 g/mol. The van der Waals surface area contributed by atoms with Gasteiger partial charge in [-0.05, 0) is 31.0 Å². The van der Waals surface area contributed by atoms with E-state index in [1.165, 1.54) is 4.90 Å². The van der Waals surface area contributed by atoms with Crippen molar-refractivity contribution in [2.24, 2.45) is 5.73 Å². The fourth-order valence-corrected chi connectivity index (χ4v) is 3.08. The molecule has 1 saturated heterocycles. The van der Waals surface area contributed by atoms with Crippen molar-refractivity contribution < 1.29 is 14.3 Å². The van der Waals surface area contributed by atoms with E-state index in [1.807, 2.05) is 6.07 Å². The Balaban J connectivity index is 0.00000192.